The summed E-state index contributed by atoms with van der Waals surface area (Å²) in [5.41, 5.74) is 0.620. The predicted molar refractivity (Wildman–Crippen MR) is 77.1 cm³/mol. The van der Waals surface area contributed by atoms with Gasteiger partial charge in [0.15, 0.2) is 5.78 Å². The third-order valence-electron chi connectivity index (χ3n) is 3.18. The van der Waals surface area contributed by atoms with E-state index in [1.54, 1.807) is 17.5 Å². The highest BCUT2D eigenvalue weighted by Crippen LogP contribution is 2.30. The van der Waals surface area contributed by atoms with Crippen LogP contribution in [0.5, 0.6) is 0 Å². The molecular weight excluding hydrogens is 287 g/mol. The van der Waals surface area contributed by atoms with Gasteiger partial charge in [-0.2, -0.15) is 10.5 Å². The Hall–Kier alpha value is -2.50. The number of halogens is 1. The number of ketones is 1. The van der Waals surface area contributed by atoms with Gasteiger partial charge in [-0.15, -0.1) is 11.3 Å². The molecule has 0 bridgehead atoms. The number of benzene rings is 1. The molecule has 3 nitrogen and oxygen atoms in total. The highest BCUT2D eigenvalue weighted by atomic mass is 32.1. The molecule has 0 unspecified atom stereocenters. The summed E-state index contributed by atoms with van der Waals surface area (Å²) in [6.07, 6.45) is 0.0535. The van der Waals surface area contributed by atoms with E-state index in [0.29, 0.717) is 10.4 Å². The van der Waals surface area contributed by atoms with Gasteiger partial charge in [0.1, 0.15) is 11.7 Å². The fourth-order valence-corrected chi connectivity index (χ4v) is 2.76. The highest BCUT2D eigenvalue weighted by molar-refractivity contribution is 7.12. The standard InChI is InChI=1S/C16H11FN2OS/c17-13-5-3-11(4-6-13)14(12(9-18)10-19)8-15(20)16-2-1-7-21-16/h1-7,12,14H,8H2/t14-/m1/s1. The van der Waals surface area contributed by atoms with E-state index < -0.39 is 17.7 Å². The van der Waals surface area contributed by atoms with Crippen LogP contribution in [0.1, 0.15) is 27.6 Å². The lowest BCUT2D eigenvalue weighted by atomic mass is 9.83. The van der Waals surface area contributed by atoms with Crippen LogP contribution in [0.4, 0.5) is 4.39 Å². The van der Waals surface area contributed by atoms with Crippen LogP contribution < -0.4 is 0 Å². The molecule has 0 aliphatic carbocycles. The minimum atomic E-state index is -0.945. The van der Waals surface area contributed by atoms with E-state index in [1.807, 2.05) is 12.1 Å². The second kappa shape index (κ2) is 6.78. The van der Waals surface area contributed by atoms with Crippen molar-refractivity contribution in [3.63, 3.8) is 0 Å². The minimum absolute atomic E-state index is 0.0535. The first-order chi connectivity index (χ1) is 10.2. The smallest absolute Gasteiger partial charge is 0.173 e. The van der Waals surface area contributed by atoms with Crippen molar-refractivity contribution < 1.29 is 9.18 Å². The van der Waals surface area contributed by atoms with Crippen molar-refractivity contribution in [3.8, 4) is 12.1 Å². The molecule has 1 heterocycles. The maximum absolute atomic E-state index is 13.0. The minimum Gasteiger partial charge on any atom is -0.293 e. The van der Waals surface area contributed by atoms with Gasteiger partial charge in [-0.1, -0.05) is 18.2 Å². The number of hydrogen-bond acceptors (Lipinski definition) is 4. The summed E-state index contributed by atoms with van der Waals surface area (Å²) in [5, 5.41) is 20.0. The average Bonchev–Trinajstić information content (AvgIpc) is 3.02. The largest absolute Gasteiger partial charge is 0.293 e. The summed E-state index contributed by atoms with van der Waals surface area (Å²) in [7, 11) is 0. The van der Waals surface area contributed by atoms with Gasteiger partial charge in [0.2, 0.25) is 0 Å². The Balaban J connectivity index is 2.29. The van der Waals surface area contributed by atoms with Crippen LogP contribution in [-0.2, 0) is 0 Å². The molecule has 0 amide bonds. The summed E-state index contributed by atoms with van der Waals surface area (Å²) in [5.74, 6) is -2.02. The van der Waals surface area contributed by atoms with E-state index in [9.17, 15) is 9.18 Å². The van der Waals surface area contributed by atoms with Crippen molar-refractivity contribution in [1.29, 1.82) is 10.5 Å². The molecule has 21 heavy (non-hydrogen) atoms. The van der Waals surface area contributed by atoms with Crippen LogP contribution >= 0.6 is 11.3 Å². The zero-order valence-electron chi connectivity index (χ0n) is 11.0. The van der Waals surface area contributed by atoms with Crippen LogP contribution in [0, 0.1) is 34.4 Å². The zero-order valence-corrected chi connectivity index (χ0v) is 11.8. The van der Waals surface area contributed by atoms with Gasteiger partial charge in [0.25, 0.3) is 0 Å². The van der Waals surface area contributed by atoms with Gasteiger partial charge < -0.3 is 0 Å². The van der Waals surface area contributed by atoms with Crippen molar-refractivity contribution in [3.05, 3.63) is 58.0 Å². The van der Waals surface area contributed by atoms with E-state index in [4.69, 9.17) is 10.5 Å². The van der Waals surface area contributed by atoms with E-state index in [1.165, 1.54) is 35.6 Å². The number of carbonyl (C=O) groups excluding carboxylic acids is 1. The Morgan fingerprint density at radius 1 is 1.19 bits per heavy atom. The van der Waals surface area contributed by atoms with E-state index in [0.717, 1.165) is 0 Å². The molecule has 0 aliphatic rings. The summed E-state index contributed by atoms with van der Waals surface area (Å²) >= 11 is 1.32. The van der Waals surface area contributed by atoms with E-state index >= 15 is 0 Å². The quantitative estimate of drug-likeness (QED) is 0.786. The lowest BCUT2D eigenvalue weighted by molar-refractivity contribution is 0.0975. The molecule has 5 heteroatoms. The highest BCUT2D eigenvalue weighted by Gasteiger charge is 2.26. The van der Waals surface area contributed by atoms with Crippen molar-refractivity contribution in [2.75, 3.05) is 0 Å². The Morgan fingerprint density at radius 3 is 2.38 bits per heavy atom. The monoisotopic (exact) mass is 298 g/mol. The normalized spacial score (nSPS) is 11.6. The first kappa shape index (κ1) is 14.9. The molecule has 2 aromatic rings. The summed E-state index contributed by atoms with van der Waals surface area (Å²) in [6, 6.07) is 12.9. The SMILES string of the molecule is N#CC(C#N)[C@H](CC(=O)c1cccs1)c1ccc(F)cc1. The molecule has 0 radical (unpaired) electrons. The number of nitrogens with zero attached hydrogens (tertiary/aromatic N) is 2. The number of nitriles is 2. The van der Waals surface area contributed by atoms with Gasteiger partial charge in [-0.25, -0.2) is 4.39 Å². The Bertz CT molecular complexity index is 681. The zero-order chi connectivity index (χ0) is 15.2. The van der Waals surface area contributed by atoms with Crippen LogP contribution in [0.25, 0.3) is 0 Å². The van der Waals surface area contributed by atoms with Crippen LogP contribution in [0.3, 0.4) is 0 Å². The van der Waals surface area contributed by atoms with Gasteiger partial charge in [-0.3, -0.25) is 4.79 Å². The Morgan fingerprint density at radius 2 is 1.86 bits per heavy atom. The van der Waals surface area contributed by atoms with Crippen molar-refractivity contribution >= 4 is 17.1 Å². The maximum atomic E-state index is 13.0. The lowest BCUT2D eigenvalue weighted by Gasteiger charge is -2.16. The molecule has 1 atom stereocenters. The van der Waals surface area contributed by atoms with Gasteiger partial charge in [0, 0.05) is 12.3 Å². The summed E-state index contributed by atoms with van der Waals surface area (Å²) in [4.78, 5) is 12.8. The Kier molecular flexibility index (Phi) is 4.81. The van der Waals surface area contributed by atoms with Gasteiger partial charge in [-0.05, 0) is 29.1 Å². The maximum Gasteiger partial charge on any atom is 0.173 e. The molecule has 0 fully saturated rings. The third-order valence-corrected chi connectivity index (χ3v) is 4.09. The number of thiophene rings is 1. The van der Waals surface area contributed by atoms with Crippen molar-refractivity contribution in [2.45, 2.75) is 12.3 Å². The first-order valence-electron chi connectivity index (χ1n) is 6.27. The Labute approximate surface area is 125 Å². The molecule has 0 aliphatic heterocycles. The molecule has 0 saturated heterocycles. The fraction of sp³-hybridized carbons (Fsp3) is 0.188. The average molecular weight is 298 g/mol. The fourth-order valence-electron chi connectivity index (χ4n) is 2.08. The van der Waals surface area contributed by atoms with Gasteiger partial charge in [0.05, 0.1) is 17.0 Å². The summed E-state index contributed by atoms with van der Waals surface area (Å²) < 4.78 is 13.0. The number of rotatable bonds is 5. The number of carbonyl (C=O) groups is 1. The lowest BCUT2D eigenvalue weighted by Crippen LogP contribution is -2.14. The molecule has 0 saturated carbocycles. The van der Waals surface area contributed by atoms with Crippen LogP contribution in [-0.4, -0.2) is 5.78 Å². The first-order valence-corrected chi connectivity index (χ1v) is 7.15. The number of hydrogen-bond donors (Lipinski definition) is 0. The summed E-state index contributed by atoms with van der Waals surface area (Å²) in [6.45, 7) is 0. The molecule has 1 aromatic carbocycles. The van der Waals surface area contributed by atoms with Crippen molar-refractivity contribution in [2.24, 2.45) is 5.92 Å². The second-order valence-corrected chi connectivity index (χ2v) is 5.45. The number of Topliss-reactive ketones (excluding diaryl/α,β-unsaturated/α-hetero) is 1. The molecule has 1 aromatic heterocycles. The predicted octanol–water partition coefficient (Wildman–Crippen LogP) is 3.91. The molecule has 0 N–H and O–H groups in total. The van der Waals surface area contributed by atoms with Gasteiger partial charge >= 0.3 is 0 Å². The van der Waals surface area contributed by atoms with Crippen molar-refractivity contribution in [1.82, 2.24) is 0 Å². The van der Waals surface area contributed by atoms with E-state index in [-0.39, 0.29) is 12.2 Å². The molecule has 2 rings (SSSR count). The molecular formula is C16H11FN2OS. The second-order valence-electron chi connectivity index (χ2n) is 4.50. The topological polar surface area (TPSA) is 64.7 Å². The third kappa shape index (κ3) is 3.53. The molecule has 0 spiro atoms. The molecule has 104 valence electrons. The van der Waals surface area contributed by atoms with Crippen LogP contribution in [0.2, 0.25) is 0 Å². The van der Waals surface area contributed by atoms with Crippen LogP contribution in [0.15, 0.2) is 41.8 Å². The van der Waals surface area contributed by atoms with E-state index in [2.05, 4.69) is 0 Å².